The SMILES string of the molecule is C#CN1CC(S(C)(=O)=O)CC1C(C)C. The van der Waals surface area contributed by atoms with E-state index in [-0.39, 0.29) is 11.3 Å². The lowest BCUT2D eigenvalue weighted by Gasteiger charge is -2.22. The average Bonchev–Trinajstić information content (AvgIpc) is 2.45. The molecule has 1 saturated heterocycles. The van der Waals surface area contributed by atoms with Crippen LogP contribution in [0.1, 0.15) is 20.3 Å². The summed E-state index contributed by atoms with van der Waals surface area (Å²) in [6.07, 6.45) is 7.30. The first-order chi connectivity index (χ1) is 6.36. The Morgan fingerprint density at radius 3 is 2.36 bits per heavy atom. The van der Waals surface area contributed by atoms with Crippen molar-refractivity contribution in [3.63, 3.8) is 0 Å². The summed E-state index contributed by atoms with van der Waals surface area (Å²) in [5.74, 6) is 0.401. The molecule has 1 fully saturated rings. The standard InChI is InChI=1S/C10H17NO2S/c1-5-11-7-9(14(4,12)13)6-10(11)8(2)3/h1,8-10H,6-7H2,2-4H3. The highest BCUT2D eigenvalue weighted by Crippen LogP contribution is 2.26. The summed E-state index contributed by atoms with van der Waals surface area (Å²) in [5, 5.41) is -0.286. The van der Waals surface area contributed by atoms with Gasteiger partial charge in [0, 0.05) is 24.9 Å². The summed E-state index contributed by atoms with van der Waals surface area (Å²) in [6, 6.07) is 2.77. The third kappa shape index (κ3) is 2.21. The minimum atomic E-state index is -2.95. The Kier molecular flexibility index (Phi) is 3.10. The van der Waals surface area contributed by atoms with Gasteiger partial charge in [-0.05, 0) is 12.3 Å². The maximum Gasteiger partial charge on any atom is 0.152 e. The third-order valence-electron chi connectivity index (χ3n) is 2.85. The van der Waals surface area contributed by atoms with Crippen LogP contribution in [0.25, 0.3) is 0 Å². The summed E-state index contributed by atoms with van der Waals surface area (Å²) in [6.45, 7) is 4.62. The van der Waals surface area contributed by atoms with Crippen LogP contribution in [-0.4, -0.2) is 37.4 Å². The molecule has 4 heteroatoms. The molecule has 0 aromatic rings. The second-order valence-corrected chi connectivity index (χ2v) is 6.61. The lowest BCUT2D eigenvalue weighted by atomic mass is 10.0. The van der Waals surface area contributed by atoms with Gasteiger partial charge in [0.25, 0.3) is 0 Å². The van der Waals surface area contributed by atoms with E-state index >= 15 is 0 Å². The van der Waals surface area contributed by atoms with Gasteiger partial charge in [-0.15, -0.1) is 0 Å². The lowest BCUT2D eigenvalue weighted by molar-refractivity contribution is 0.295. The monoisotopic (exact) mass is 215 g/mol. The van der Waals surface area contributed by atoms with Crippen molar-refractivity contribution in [3.8, 4) is 12.5 Å². The minimum Gasteiger partial charge on any atom is -0.328 e. The fourth-order valence-electron chi connectivity index (χ4n) is 1.92. The van der Waals surface area contributed by atoms with Crippen LogP contribution in [0.15, 0.2) is 0 Å². The number of terminal acetylenes is 1. The fourth-order valence-corrected chi connectivity index (χ4v) is 2.89. The summed E-state index contributed by atoms with van der Waals surface area (Å²) in [7, 11) is -2.95. The minimum absolute atomic E-state index is 0.208. The van der Waals surface area contributed by atoms with Gasteiger partial charge in [-0.3, -0.25) is 0 Å². The summed E-state index contributed by atoms with van der Waals surface area (Å²) >= 11 is 0. The zero-order valence-electron chi connectivity index (χ0n) is 8.90. The zero-order chi connectivity index (χ0) is 10.9. The van der Waals surface area contributed by atoms with Crippen molar-refractivity contribution in [2.75, 3.05) is 12.8 Å². The molecule has 3 nitrogen and oxygen atoms in total. The molecule has 0 saturated carbocycles. The fraction of sp³-hybridized carbons (Fsp3) is 0.800. The van der Waals surface area contributed by atoms with E-state index in [1.165, 1.54) is 6.26 Å². The van der Waals surface area contributed by atoms with Gasteiger partial charge in [0.05, 0.1) is 5.25 Å². The number of nitrogens with zero attached hydrogens (tertiary/aromatic N) is 1. The molecule has 0 N–H and O–H groups in total. The van der Waals surface area contributed by atoms with Crippen molar-refractivity contribution in [2.24, 2.45) is 5.92 Å². The van der Waals surface area contributed by atoms with Gasteiger partial charge in [-0.2, -0.15) is 0 Å². The molecule has 1 heterocycles. The molecule has 1 aliphatic heterocycles. The van der Waals surface area contributed by atoms with E-state index in [2.05, 4.69) is 19.9 Å². The largest absolute Gasteiger partial charge is 0.328 e. The van der Waals surface area contributed by atoms with E-state index in [1.54, 1.807) is 0 Å². The first kappa shape index (κ1) is 11.4. The average molecular weight is 215 g/mol. The molecular weight excluding hydrogens is 198 g/mol. The second kappa shape index (κ2) is 3.82. The molecule has 1 rings (SSSR count). The lowest BCUT2D eigenvalue weighted by Crippen LogP contribution is -2.29. The highest BCUT2D eigenvalue weighted by molar-refractivity contribution is 7.91. The van der Waals surface area contributed by atoms with Crippen LogP contribution >= 0.6 is 0 Å². The van der Waals surface area contributed by atoms with Gasteiger partial charge in [0.1, 0.15) is 0 Å². The van der Waals surface area contributed by atoms with Crippen LogP contribution in [0.2, 0.25) is 0 Å². The molecule has 80 valence electrons. The van der Waals surface area contributed by atoms with E-state index < -0.39 is 9.84 Å². The van der Waals surface area contributed by atoms with Gasteiger partial charge < -0.3 is 4.90 Å². The van der Waals surface area contributed by atoms with Crippen LogP contribution in [0.3, 0.4) is 0 Å². The van der Waals surface area contributed by atoms with E-state index in [4.69, 9.17) is 6.42 Å². The van der Waals surface area contributed by atoms with E-state index in [9.17, 15) is 8.42 Å². The van der Waals surface area contributed by atoms with Crippen molar-refractivity contribution < 1.29 is 8.42 Å². The zero-order valence-corrected chi connectivity index (χ0v) is 9.71. The van der Waals surface area contributed by atoms with E-state index in [1.807, 2.05) is 4.90 Å². The van der Waals surface area contributed by atoms with Gasteiger partial charge >= 0.3 is 0 Å². The second-order valence-electron chi connectivity index (χ2n) is 4.28. The van der Waals surface area contributed by atoms with E-state index in [0.29, 0.717) is 18.9 Å². The Morgan fingerprint density at radius 1 is 1.50 bits per heavy atom. The Labute approximate surface area is 86.4 Å². The predicted molar refractivity (Wildman–Crippen MR) is 57.4 cm³/mol. The first-order valence-electron chi connectivity index (χ1n) is 4.78. The van der Waals surface area contributed by atoms with Crippen LogP contribution in [0, 0.1) is 18.4 Å². The Morgan fingerprint density at radius 2 is 2.07 bits per heavy atom. The van der Waals surface area contributed by atoms with Crippen LogP contribution in [0.5, 0.6) is 0 Å². The molecule has 1 aliphatic rings. The van der Waals surface area contributed by atoms with Crippen molar-refractivity contribution in [1.29, 1.82) is 0 Å². The number of rotatable bonds is 2. The van der Waals surface area contributed by atoms with Gasteiger partial charge in [-0.25, -0.2) is 8.42 Å². The van der Waals surface area contributed by atoms with Crippen molar-refractivity contribution in [2.45, 2.75) is 31.6 Å². The van der Waals surface area contributed by atoms with Crippen LogP contribution < -0.4 is 0 Å². The molecular formula is C10H17NO2S. The molecule has 0 aliphatic carbocycles. The molecule has 0 amide bonds. The smallest absolute Gasteiger partial charge is 0.152 e. The maximum atomic E-state index is 11.4. The first-order valence-corrected chi connectivity index (χ1v) is 6.73. The maximum absolute atomic E-state index is 11.4. The van der Waals surface area contributed by atoms with Gasteiger partial charge in [0.2, 0.25) is 0 Å². The molecule has 2 atom stereocenters. The molecule has 14 heavy (non-hydrogen) atoms. The van der Waals surface area contributed by atoms with Crippen molar-refractivity contribution in [1.82, 2.24) is 4.90 Å². The molecule has 0 spiro atoms. The van der Waals surface area contributed by atoms with Crippen LogP contribution in [-0.2, 0) is 9.84 Å². The molecule has 0 bridgehead atoms. The van der Waals surface area contributed by atoms with Crippen molar-refractivity contribution >= 4 is 9.84 Å². The normalized spacial score (nSPS) is 28.1. The summed E-state index contributed by atoms with van der Waals surface area (Å²) < 4.78 is 22.7. The van der Waals surface area contributed by atoms with Crippen molar-refractivity contribution in [3.05, 3.63) is 0 Å². The topological polar surface area (TPSA) is 37.4 Å². The number of hydrogen-bond acceptors (Lipinski definition) is 3. The molecule has 0 aromatic carbocycles. The summed E-state index contributed by atoms with van der Waals surface area (Å²) in [5.41, 5.74) is 0. The Hall–Kier alpha value is -0.690. The number of hydrogen-bond donors (Lipinski definition) is 0. The highest BCUT2D eigenvalue weighted by atomic mass is 32.2. The Bertz CT molecular complexity index is 340. The number of likely N-dealkylation sites (tertiary alicyclic amines) is 1. The summed E-state index contributed by atoms with van der Waals surface area (Å²) in [4.78, 5) is 1.82. The molecule has 0 aromatic heterocycles. The predicted octanol–water partition coefficient (Wildman–Crippen LogP) is 0.721. The quantitative estimate of drug-likeness (QED) is 0.637. The van der Waals surface area contributed by atoms with Crippen LogP contribution in [0.4, 0.5) is 0 Å². The molecule has 0 radical (unpaired) electrons. The molecule has 2 unspecified atom stereocenters. The Balaban J connectivity index is 2.82. The van der Waals surface area contributed by atoms with E-state index in [0.717, 1.165) is 0 Å². The van der Waals surface area contributed by atoms with Gasteiger partial charge in [0.15, 0.2) is 9.84 Å². The third-order valence-corrected chi connectivity index (χ3v) is 4.40. The van der Waals surface area contributed by atoms with Gasteiger partial charge in [-0.1, -0.05) is 20.3 Å². The number of sulfone groups is 1. The highest BCUT2D eigenvalue weighted by Gasteiger charge is 2.37.